The van der Waals surface area contributed by atoms with E-state index in [1.807, 2.05) is 6.07 Å². The Labute approximate surface area is 174 Å². The zero-order valence-electron chi connectivity index (χ0n) is 13.5. The molecule has 0 saturated carbocycles. The number of halogens is 3. The molecule has 0 amide bonds. The first-order valence-electron chi connectivity index (χ1n) is 7.36. The maximum absolute atomic E-state index is 6.32. The van der Waals surface area contributed by atoms with E-state index in [0.717, 1.165) is 10.2 Å². The lowest BCUT2D eigenvalue weighted by molar-refractivity contribution is 1.17. The Bertz CT molecular complexity index is 1110. The zero-order valence-corrected chi connectivity index (χ0v) is 16.6. The second-order valence-electron chi connectivity index (χ2n) is 5.34. The Hall–Kier alpha value is -2.39. The van der Waals surface area contributed by atoms with Gasteiger partial charge in [0.15, 0.2) is 5.82 Å². The Morgan fingerprint density at radius 2 is 1.74 bits per heavy atom. The molecule has 0 spiro atoms. The Morgan fingerprint density at radius 1 is 1.00 bits per heavy atom. The van der Waals surface area contributed by atoms with E-state index in [0.29, 0.717) is 43.8 Å². The van der Waals surface area contributed by atoms with Gasteiger partial charge in [-0.25, -0.2) is 19.9 Å². The highest BCUT2D eigenvalue weighted by molar-refractivity contribution is 7.22. The molecule has 0 atom stereocenters. The third kappa shape index (κ3) is 3.84. The Balaban J connectivity index is 0.00000210. The predicted octanol–water partition coefficient (Wildman–Crippen LogP) is 4.78. The lowest BCUT2D eigenvalue weighted by Gasteiger charge is -2.05. The first-order valence-corrected chi connectivity index (χ1v) is 8.93. The van der Waals surface area contributed by atoms with Crippen molar-refractivity contribution in [1.29, 1.82) is 0 Å². The van der Waals surface area contributed by atoms with Gasteiger partial charge in [0.2, 0.25) is 0 Å². The molecule has 0 aliphatic carbocycles. The van der Waals surface area contributed by atoms with Crippen molar-refractivity contribution in [3.8, 4) is 10.6 Å². The third-order valence-corrected chi connectivity index (χ3v) is 5.21. The first-order chi connectivity index (χ1) is 12.5. The SMILES string of the molecule is Cl.Nc1cc(Cl)c(-c2nc3ccnc(Nc4cc(N)ncn4)c3s2)c(Cl)c1. The van der Waals surface area contributed by atoms with Crippen molar-refractivity contribution in [2.45, 2.75) is 0 Å². The molecule has 4 aromatic rings. The monoisotopic (exact) mass is 439 g/mol. The van der Waals surface area contributed by atoms with E-state index in [4.69, 9.17) is 34.7 Å². The summed E-state index contributed by atoms with van der Waals surface area (Å²) in [7, 11) is 0. The number of nitrogens with two attached hydrogens (primary N) is 2. The maximum atomic E-state index is 6.32. The van der Waals surface area contributed by atoms with Crippen LogP contribution in [0, 0.1) is 0 Å². The molecule has 7 nitrogen and oxygen atoms in total. The number of pyridine rings is 1. The molecule has 4 rings (SSSR count). The van der Waals surface area contributed by atoms with E-state index in [9.17, 15) is 0 Å². The van der Waals surface area contributed by atoms with Gasteiger partial charge >= 0.3 is 0 Å². The number of hydrogen-bond acceptors (Lipinski definition) is 8. The quantitative estimate of drug-likeness (QED) is 0.392. The van der Waals surface area contributed by atoms with Crippen LogP contribution in [0.4, 0.5) is 23.1 Å². The van der Waals surface area contributed by atoms with Crippen molar-refractivity contribution in [2.24, 2.45) is 0 Å². The average molecular weight is 441 g/mol. The van der Waals surface area contributed by atoms with Crippen molar-refractivity contribution in [3.63, 3.8) is 0 Å². The van der Waals surface area contributed by atoms with Gasteiger partial charge in [0, 0.05) is 23.5 Å². The van der Waals surface area contributed by atoms with E-state index in [-0.39, 0.29) is 12.4 Å². The normalized spacial score (nSPS) is 10.6. The lowest BCUT2D eigenvalue weighted by atomic mass is 10.2. The van der Waals surface area contributed by atoms with E-state index in [1.165, 1.54) is 17.7 Å². The number of rotatable bonds is 3. The number of thiazole rings is 1. The molecule has 0 unspecified atom stereocenters. The Kier molecular flexibility index (Phi) is 5.52. The van der Waals surface area contributed by atoms with Crippen LogP contribution in [-0.4, -0.2) is 19.9 Å². The molecule has 3 heterocycles. The van der Waals surface area contributed by atoms with Gasteiger partial charge in [-0.3, -0.25) is 0 Å². The number of fused-ring (bicyclic) bond motifs is 1. The molecule has 1 aromatic carbocycles. The average Bonchev–Trinajstić information content (AvgIpc) is 2.98. The van der Waals surface area contributed by atoms with Crippen LogP contribution < -0.4 is 16.8 Å². The zero-order chi connectivity index (χ0) is 18.3. The number of nitrogens with zero attached hydrogens (tertiary/aromatic N) is 4. The van der Waals surface area contributed by atoms with E-state index >= 15 is 0 Å². The van der Waals surface area contributed by atoms with Crippen molar-refractivity contribution >= 4 is 80.3 Å². The van der Waals surface area contributed by atoms with Gasteiger partial charge in [-0.2, -0.15) is 0 Å². The van der Waals surface area contributed by atoms with E-state index in [1.54, 1.807) is 24.4 Å². The first kappa shape index (κ1) is 19.4. The highest BCUT2D eigenvalue weighted by Gasteiger charge is 2.17. The molecule has 138 valence electrons. The fourth-order valence-corrected chi connectivity index (χ4v) is 4.28. The van der Waals surface area contributed by atoms with Crippen LogP contribution in [0.1, 0.15) is 0 Å². The topological polar surface area (TPSA) is 116 Å². The van der Waals surface area contributed by atoms with Crippen molar-refractivity contribution < 1.29 is 0 Å². The minimum atomic E-state index is 0. The van der Waals surface area contributed by atoms with Crippen LogP contribution in [0.3, 0.4) is 0 Å². The number of hydrogen-bond donors (Lipinski definition) is 3. The number of nitrogens with one attached hydrogen (secondary N) is 1. The van der Waals surface area contributed by atoms with Crippen LogP contribution in [0.2, 0.25) is 10.0 Å². The second kappa shape index (κ2) is 7.69. The molecule has 5 N–H and O–H groups in total. The highest BCUT2D eigenvalue weighted by Crippen LogP contribution is 2.41. The second-order valence-corrected chi connectivity index (χ2v) is 7.15. The summed E-state index contributed by atoms with van der Waals surface area (Å²) in [6.07, 6.45) is 3.04. The number of benzene rings is 1. The minimum Gasteiger partial charge on any atom is -0.399 e. The van der Waals surface area contributed by atoms with Crippen molar-refractivity contribution in [3.05, 3.63) is 46.8 Å². The summed E-state index contributed by atoms with van der Waals surface area (Å²) in [5, 5.41) is 4.70. The van der Waals surface area contributed by atoms with E-state index in [2.05, 4.69) is 25.3 Å². The highest BCUT2D eigenvalue weighted by atomic mass is 35.5. The summed E-state index contributed by atoms with van der Waals surface area (Å²) in [5.74, 6) is 1.50. The van der Waals surface area contributed by atoms with Crippen LogP contribution >= 0.6 is 46.9 Å². The standard InChI is InChI=1S/C16H11Cl2N7S.ClH/c17-8-3-7(19)4-9(18)13(8)16-24-10-1-2-21-15(14(10)26-16)25-12-5-11(20)22-6-23-12;/h1-6H,19H2,(H3,20,21,22,23,25);1H. The van der Waals surface area contributed by atoms with Crippen molar-refractivity contribution in [1.82, 2.24) is 19.9 Å². The molecule has 0 radical (unpaired) electrons. The summed E-state index contributed by atoms with van der Waals surface area (Å²) >= 11 is 14.1. The Morgan fingerprint density at radius 3 is 2.44 bits per heavy atom. The molecular weight excluding hydrogens is 429 g/mol. The predicted molar refractivity (Wildman–Crippen MR) is 114 cm³/mol. The molecule has 0 saturated heterocycles. The molecule has 27 heavy (non-hydrogen) atoms. The van der Waals surface area contributed by atoms with Gasteiger partial charge in [-0.05, 0) is 18.2 Å². The number of nitrogen functional groups attached to an aromatic ring is 2. The fourth-order valence-electron chi connectivity index (χ4n) is 2.41. The number of anilines is 4. The van der Waals surface area contributed by atoms with Gasteiger partial charge in [0.05, 0.1) is 20.3 Å². The smallest absolute Gasteiger partial charge is 0.151 e. The van der Waals surface area contributed by atoms with Crippen LogP contribution in [0.5, 0.6) is 0 Å². The van der Waals surface area contributed by atoms with Crippen LogP contribution in [-0.2, 0) is 0 Å². The largest absolute Gasteiger partial charge is 0.399 e. The van der Waals surface area contributed by atoms with E-state index < -0.39 is 0 Å². The summed E-state index contributed by atoms with van der Waals surface area (Å²) in [6, 6.07) is 6.73. The number of aromatic nitrogens is 4. The van der Waals surface area contributed by atoms with Gasteiger partial charge in [-0.1, -0.05) is 23.2 Å². The summed E-state index contributed by atoms with van der Waals surface area (Å²) in [4.78, 5) is 17.0. The third-order valence-electron chi connectivity index (χ3n) is 3.52. The molecule has 0 bridgehead atoms. The molecule has 0 aliphatic rings. The van der Waals surface area contributed by atoms with Gasteiger partial charge in [-0.15, -0.1) is 23.7 Å². The summed E-state index contributed by atoms with van der Waals surface area (Å²) < 4.78 is 0.837. The summed E-state index contributed by atoms with van der Waals surface area (Å²) in [6.45, 7) is 0. The molecular formula is C16H12Cl3N7S. The van der Waals surface area contributed by atoms with Gasteiger partial charge in [0.1, 0.15) is 23.0 Å². The lowest BCUT2D eigenvalue weighted by Crippen LogP contribution is -1.98. The molecule has 0 fully saturated rings. The molecule has 0 aliphatic heterocycles. The minimum absolute atomic E-state index is 0. The van der Waals surface area contributed by atoms with Crippen LogP contribution in [0.25, 0.3) is 20.8 Å². The van der Waals surface area contributed by atoms with Crippen LogP contribution in [0.15, 0.2) is 36.8 Å². The maximum Gasteiger partial charge on any atom is 0.151 e. The van der Waals surface area contributed by atoms with Crippen molar-refractivity contribution in [2.75, 3.05) is 16.8 Å². The summed E-state index contributed by atoms with van der Waals surface area (Å²) in [5.41, 5.74) is 13.4. The van der Waals surface area contributed by atoms with Gasteiger partial charge in [0.25, 0.3) is 0 Å². The van der Waals surface area contributed by atoms with Gasteiger partial charge < -0.3 is 16.8 Å². The molecule has 3 aromatic heterocycles. The fraction of sp³-hybridized carbons (Fsp3) is 0. The molecule has 11 heteroatoms.